The van der Waals surface area contributed by atoms with Gasteiger partial charge in [-0.2, -0.15) is 0 Å². The molecule has 2 aromatic heterocycles. The van der Waals surface area contributed by atoms with Crippen LogP contribution in [0.25, 0.3) is 5.69 Å². The molecule has 0 atom stereocenters. The summed E-state index contributed by atoms with van der Waals surface area (Å²) in [5, 5.41) is 11.2. The molecule has 24 heavy (non-hydrogen) atoms. The van der Waals surface area contributed by atoms with E-state index in [9.17, 15) is 9.59 Å². The molecule has 0 spiro atoms. The van der Waals surface area contributed by atoms with Gasteiger partial charge in [-0.05, 0) is 25.0 Å². The van der Waals surface area contributed by atoms with Crippen molar-refractivity contribution in [2.75, 3.05) is 0 Å². The molecule has 2 N–H and O–H groups in total. The molecule has 1 saturated carbocycles. The Labute approximate surface area is 136 Å². The van der Waals surface area contributed by atoms with E-state index in [1.54, 1.807) is 0 Å². The van der Waals surface area contributed by atoms with Gasteiger partial charge in [-0.3, -0.25) is 14.3 Å². The molecule has 2 heterocycles. The summed E-state index contributed by atoms with van der Waals surface area (Å²) in [6.45, 7) is 0.195. The van der Waals surface area contributed by atoms with Gasteiger partial charge >= 0.3 is 5.76 Å². The predicted octanol–water partition coefficient (Wildman–Crippen LogP) is 1.36. The maximum Gasteiger partial charge on any atom is 0.416 e. The molecule has 1 aliphatic carbocycles. The minimum Gasteiger partial charge on any atom is -0.416 e. The lowest BCUT2D eigenvalue weighted by molar-refractivity contribution is 0.0944. The van der Waals surface area contributed by atoms with Crippen molar-refractivity contribution in [3.8, 4) is 5.69 Å². The number of carbonyl (C=O) groups excluding carboxylic acids is 1. The average Bonchev–Trinajstić information content (AvgIpc) is 3.21. The maximum atomic E-state index is 12.0. The van der Waals surface area contributed by atoms with E-state index in [4.69, 9.17) is 0 Å². The number of benzene rings is 1. The van der Waals surface area contributed by atoms with Gasteiger partial charge < -0.3 is 9.73 Å². The molecule has 1 aliphatic rings. The third-order valence-electron chi connectivity index (χ3n) is 3.88. The third kappa shape index (κ3) is 2.73. The smallest absolute Gasteiger partial charge is 0.416 e. The van der Waals surface area contributed by atoms with Crippen LogP contribution in [0.3, 0.4) is 0 Å². The van der Waals surface area contributed by atoms with Crippen molar-refractivity contribution in [1.82, 2.24) is 25.1 Å². The molecule has 8 nitrogen and oxygen atoms in total. The van der Waals surface area contributed by atoms with Gasteiger partial charge in [-0.15, -0.1) is 10.2 Å². The van der Waals surface area contributed by atoms with Gasteiger partial charge in [0.25, 0.3) is 5.91 Å². The molecule has 0 aliphatic heterocycles. The standard InChI is InChI=1S/C16H15N5O3/c22-15(12-9-24-16(23)18-12)17-8-13-19-20-14(10-6-7-10)21(13)11-4-2-1-3-5-11/h1-5,9-10H,6-8H2,(H,17,22)(H,18,23). The first-order valence-corrected chi connectivity index (χ1v) is 7.68. The summed E-state index contributed by atoms with van der Waals surface area (Å²) in [6.07, 6.45) is 3.30. The van der Waals surface area contributed by atoms with E-state index in [0.717, 1.165) is 30.6 Å². The summed E-state index contributed by atoms with van der Waals surface area (Å²) >= 11 is 0. The second-order valence-corrected chi connectivity index (χ2v) is 5.66. The largest absolute Gasteiger partial charge is 0.416 e. The number of para-hydroxylation sites is 1. The zero-order valence-electron chi connectivity index (χ0n) is 12.7. The van der Waals surface area contributed by atoms with E-state index < -0.39 is 11.7 Å². The Kier molecular flexibility index (Phi) is 3.49. The highest BCUT2D eigenvalue weighted by atomic mass is 16.4. The van der Waals surface area contributed by atoms with E-state index in [1.807, 2.05) is 34.9 Å². The van der Waals surface area contributed by atoms with Crippen molar-refractivity contribution >= 4 is 5.91 Å². The Morgan fingerprint density at radius 2 is 2.08 bits per heavy atom. The van der Waals surface area contributed by atoms with E-state index in [0.29, 0.717) is 11.7 Å². The van der Waals surface area contributed by atoms with Crippen molar-refractivity contribution in [2.45, 2.75) is 25.3 Å². The van der Waals surface area contributed by atoms with E-state index >= 15 is 0 Å². The fourth-order valence-electron chi connectivity index (χ4n) is 2.56. The lowest BCUT2D eigenvalue weighted by Gasteiger charge is -2.10. The van der Waals surface area contributed by atoms with Gasteiger partial charge in [-0.1, -0.05) is 18.2 Å². The van der Waals surface area contributed by atoms with Crippen LogP contribution in [0.1, 0.15) is 40.9 Å². The third-order valence-corrected chi connectivity index (χ3v) is 3.88. The number of carbonyl (C=O) groups is 1. The molecule has 0 bridgehead atoms. The number of aromatic amines is 1. The summed E-state index contributed by atoms with van der Waals surface area (Å²) in [5.41, 5.74) is 1.04. The van der Waals surface area contributed by atoms with Crippen molar-refractivity contribution in [2.24, 2.45) is 0 Å². The molecule has 8 heteroatoms. The predicted molar refractivity (Wildman–Crippen MR) is 83.8 cm³/mol. The Bertz CT molecular complexity index is 921. The van der Waals surface area contributed by atoms with Crippen molar-refractivity contribution < 1.29 is 9.21 Å². The number of oxazole rings is 1. The monoisotopic (exact) mass is 325 g/mol. The fraction of sp³-hybridized carbons (Fsp3) is 0.250. The number of nitrogens with zero attached hydrogens (tertiary/aromatic N) is 3. The minimum atomic E-state index is -0.663. The number of hydrogen-bond donors (Lipinski definition) is 2. The van der Waals surface area contributed by atoms with Crippen LogP contribution in [-0.2, 0) is 6.54 Å². The number of nitrogens with one attached hydrogen (secondary N) is 2. The van der Waals surface area contributed by atoms with Gasteiger partial charge in [0, 0.05) is 11.6 Å². The van der Waals surface area contributed by atoms with Crippen LogP contribution in [0.15, 0.2) is 45.8 Å². The van der Waals surface area contributed by atoms with Crippen LogP contribution >= 0.6 is 0 Å². The summed E-state index contributed by atoms with van der Waals surface area (Å²) < 4.78 is 6.55. The van der Waals surface area contributed by atoms with Gasteiger partial charge in [-0.25, -0.2) is 4.79 Å². The number of H-pyrrole nitrogens is 1. The number of aromatic nitrogens is 4. The van der Waals surface area contributed by atoms with Gasteiger partial charge in [0.1, 0.15) is 17.8 Å². The first-order valence-electron chi connectivity index (χ1n) is 7.68. The Balaban J connectivity index is 1.59. The zero-order chi connectivity index (χ0) is 16.5. The molecule has 1 fully saturated rings. The molecule has 1 aromatic carbocycles. The summed E-state index contributed by atoms with van der Waals surface area (Å²) in [5.74, 6) is 0.886. The van der Waals surface area contributed by atoms with Crippen LogP contribution in [0.4, 0.5) is 0 Å². The Morgan fingerprint density at radius 1 is 1.29 bits per heavy atom. The average molecular weight is 325 g/mol. The number of amides is 1. The van der Waals surface area contributed by atoms with E-state index in [1.165, 1.54) is 0 Å². The maximum absolute atomic E-state index is 12.0. The summed E-state index contributed by atoms with van der Waals surface area (Å²) in [6, 6.07) is 9.80. The van der Waals surface area contributed by atoms with Crippen LogP contribution in [0.5, 0.6) is 0 Å². The van der Waals surface area contributed by atoms with Crippen LogP contribution in [0.2, 0.25) is 0 Å². The number of rotatable bonds is 5. The van der Waals surface area contributed by atoms with Crippen molar-refractivity contribution in [1.29, 1.82) is 0 Å². The fourth-order valence-corrected chi connectivity index (χ4v) is 2.56. The van der Waals surface area contributed by atoms with Gasteiger partial charge in [0.15, 0.2) is 5.82 Å². The van der Waals surface area contributed by atoms with Crippen molar-refractivity contribution in [3.63, 3.8) is 0 Å². The molecule has 0 radical (unpaired) electrons. The van der Waals surface area contributed by atoms with E-state index in [-0.39, 0.29) is 12.2 Å². The highest BCUT2D eigenvalue weighted by molar-refractivity contribution is 5.91. The van der Waals surface area contributed by atoms with Gasteiger partial charge in [0.05, 0.1) is 6.54 Å². The molecular formula is C16H15N5O3. The second kappa shape index (κ2) is 5.80. The Morgan fingerprint density at radius 3 is 2.75 bits per heavy atom. The second-order valence-electron chi connectivity index (χ2n) is 5.66. The molecule has 3 aromatic rings. The lowest BCUT2D eigenvalue weighted by Crippen LogP contribution is -2.25. The van der Waals surface area contributed by atoms with Gasteiger partial charge in [0.2, 0.25) is 0 Å². The first-order chi connectivity index (χ1) is 11.7. The number of hydrogen-bond acceptors (Lipinski definition) is 5. The topological polar surface area (TPSA) is 106 Å². The van der Waals surface area contributed by atoms with Crippen molar-refractivity contribution in [3.05, 3.63) is 64.5 Å². The molecule has 122 valence electrons. The normalized spacial score (nSPS) is 13.8. The SMILES string of the molecule is O=C(NCc1nnc(C2CC2)n1-c1ccccc1)c1coc(=O)[nH]1. The molecule has 1 amide bonds. The highest BCUT2D eigenvalue weighted by Gasteiger charge is 2.30. The quantitative estimate of drug-likeness (QED) is 0.736. The van der Waals surface area contributed by atoms with E-state index in [2.05, 4.69) is 24.9 Å². The lowest BCUT2D eigenvalue weighted by atomic mass is 10.3. The summed E-state index contributed by atoms with van der Waals surface area (Å²) in [7, 11) is 0. The van der Waals surface area contributed by atoms with Crippen LogP contribution in [-0.4, -0.2) is 25.7 Å². The zero-order valence-corrected chi connectivity index (χ0v) is 12.7. The minimum absolute atomic E-state index is 0.0770. The molecule has 0 unspecified atom stereocenters. The molecular weight excluding hydrogens is 310 g/mol. The van der Waals surface area contributed by atoms with Crippen LogP contribution < -0.4 is 11.1 Å². The Hall–Kier alpha value is -3.16. The highest BCUT2D eigenvalue weighted by Crippen LogP contribution is 2.40. The molecule has 4 rings (SSSR count). The van der Waals surface area contributed by atoms with Crippen LogP contribution in [0, 0.1) is 0 Å². The first kappa shape index (κ1) is 14.4. The summed E-state index contributed by atoms with van der Waals surface area (Å²) in [4.78, 5) is 25.3. The molecule has 0 saturated heterocycles.